The molecular weight excluding hydrogens is 438 g/mol. The summed E-state index contributed by atoms with van der Waals surface area (Å²) < 4.78 is 10.6. The molecule has 0 aliphatic carbocycles. The van der Waals surface area contributed by atoms with Crippen LogP contribution in [0.3, 0.4) is 0 Å². The smallest absolute Gasteiger partial charge is 0.270 e. The predicted octanol–water partition coefficient (Wildman–Crippen LogP) is 2.23. The van der Waals surface area contributed by atoms with Crippen LogP contribution in [0.15, 0.2) is 23.6 Å². The van der Waals surface area contributed by atoms with Crippen molar-refractivity contribution in [3.05, 3.63) is 46.0 Å². The van der Waals surface area contributed by atoms with E-state index in [2.05, 4.69) is 66.1 Å². The lowest BCUT2D eigenvalue weighted by Gasteiger charge is -2.32. The maximum absolute atomic E-state index is 12.1. The van der Waals surface area contributed by atoms with Crippen LogP contribution in [-0.4, -0.2) is 88.5 Å². The second kappa shape index (κ2) is 15.0. The fraction of sp³-hybridized carbons (Fsp3) is 0.583. The average molecular weight is 478 g/mol. The van der Waals surface area contributed by atoms with Gasteiger partial charge in [-0.15, -0.1) is 11.3 Å². The lowest BCUT2D eigenvalue weighted by atomic mass is 10.1. The zero-order valence-corrected chi connectivity index (χ0v) is 21.2. The number of ether oxygens (including phenoxy) is 2. The maximum Gasteiger partial charge on any atom is 0.270 e. The molecule has 1 aliphatic heterocycles. The third-order valence-corrected chi connectivity index (χ3v) is 6.23. The summed E-state index contributed by atoms with van der Waals surface area (Å²) in [5, 5.41) is 5.55. The molecule has 8 nitrogen and oxygen atoms in total. The van der Waals surface area contributed by atoms with Gasteiger partial charge >= 0.3 is 0 Å². The van der Waals surface area contributed by atoms with Gasteiger partial charge in [-0.3, -0.25) is 4.79 Å². The summed E-state index contributed by atoms with van der Waals surface area (Å²) in [6.07, 6.45) is 0. The van der Waals surface area contributed by atoms with Gasteiger partial charge in [0.25, 0.3) is 5.91 Å². The summed E-state index contributed by atoms with van der Waals surface area (Å²) in [7, 11) is 2.12. The Morgan fingerprint density at radius 1 is 1.06 bits per heavy atom. The van der Waals surface area contributed by atoms with Crippen molar-refractivity contribution >= 4 is 22.4 Å². The van der Waals surface area contributed by atoms with E-state index in [4.69, 9.17) is 15.2 Å². The Hall–Kier alpha value is -2.04. The van der Waals surface area contributed by atoms with E-state index in [0.717, 1.165) is 31.3 Å². The summed E-state index contributed by atoms with van der Waals surface area (Å²) in [6, 6.07) is 6.50. The van der Waals surface area contributed by atoms with Gasteiger partial charge < -0.3 is 30.3 Å². The summed E-state index contributed by atoms with van der Waals surface area (Å²) >= 11 is 1.52. The fourth-order valence-electron chi connectivity index (χ4n) is 3.14. The first-order valence-electron chi connectivity index (χ1n) is 11.5. The lowest BCUT2D eigenvalue weighted by Crippen LogP contribution is -2.44. The number of amides is 1. The molecule has 1 aromatic heterocycles. The third kappa shape index (κ3) is 10.2. The van der Waals surface area contributed by atoms with Crippen LogP contribution in [0.2, 0.25) is 0 Å². The van der Waals surface area contributed by atoms with E-state index in [1.807, 2.05) is 5.38 Å². The number of piperazine rings is 1. The number of nitrogens with zero attached hydrogens (tertiary/aromatic N) is 3. The van der Waals surface area contributed by atoms with E-state index in [9.17, 15) is 4.79 Å². The lowest BCUT2D eigenvalue weighted by molar-refractivity contribution is 0.0511. The minimum absolute atomic E-state index is 0.158. The van der Waals surface area contributed by atoms with Crippen LogP contribution in [0, 0.1) is 20.8 Å². The Balaban J connectivity index is 0.000000357. The Morgan fingerprint density at radius 3 is 2.39 bits per heavy atom. The zero-order chi connectivity index (χ0) is 24.1. The number of rotatable bonds is 10. The summed E-state index contributed by atoms with van der Waals surface area (Å²) in [6.45, 7) is 13.3. The molecule has 1 fully saturated rings. The highest BCUT2D eigenvalue weighted by atomic mass is 32.1. The molecule has 33 heavy (non-hydrogen) atoms. The summed E-state index contributed by atoms with van der Waals surface area (Å²) in [5.41, 5.74) is 9.89. The number of hydrogen-bond acceptors (Lipinski definition) is 8. The molecule has 1 saturated heterocycles. The molecule has 1 aliphatic rings. The Kier molecular flexibility index (Phi) is 12.3. The van der Waals surface area contributed by atoms with Crippen molar-refractivity contribution in [2.24, 2.45) is 5.73 Å². The molecule has 0 bridgehead atoms. The molecule has 2 heterocycles. The Morgan fingerprint density at radius 2 is 1.76 bits per heavy atom. The number of likely N-dealkylation sites (N-methyl/N-ethyl adjacent to an activating group) is 1. The number of anilines is 1. The minimum atomic E-state index is -0.158. The van der Waals surface area contributed by atoms with Crippen LogP contribution in [0.1, 0.15) is 27.2 Å². The van der Waals surface area contributed by atoms with Gasteiger partial charge in [0.05, 0.1) is 26.4 Å². The highest BCUT2D eigenvalue weighted by molar-refractivity contribution is 7.13. The first-order valence-corrected chi connectivity index (χ1v) is 12.3. The number of hydrogen-bond donors (Lipinski definition) is 2. The van der Waals surface area contributed by atoms with E-state index >= 15 is 0 Å². The number of carbonyl (C=O) groups excluding carboxylic acids is 1. The van der Waals surface area contributed by atoms with E-state index < -0.39 is 0 Å². The van der Waals surface area contributed by atoms with Gasteiger partial charge in [-0.2, -0.15) is 0 Å². The number of nitrogens with one attached hydrogen (secondary N) is 1. The van der Waals surface area contributed by atoms with Crippen molar-refractivity contribution in [1.82, 2.24) is 15.2 Å². The number of aryl methyl sites for hydroxylation is 3. The van der Waals surface area contributed by atoms with Crippen molar-refractivity contribution in [1.29, 1.82) is 0 Å². The molecule has 3 rings (SSSR count). The first-order chi connectivity index (χ1) is 15.9. The normalized spacial score (nSPS) is 14.0. The third-order valence-electron chi connectivity index (χ3n) is 5.33. The average Bonchev–Trinajstić information content (AvgIpc) is 3.29. The monoisotopic (exact) mass is 477 g/mol. The van der Waals surface area contributed by atoms with Crippen molar-refractivity contribution in [2.45, 2.75) is 20.8 Å². The van der Waals surface area contributed by atoms with Crippen LogP contribution in [-0.2, 0) is 9.47 Å². The van der Waals surface area contributed by atoms with Gasteiger partial charge in [0.1, 0.15) is 5.69 Å². The largest absolute Gasteiger partial charge is 0.378 e. The maximum atomic E-state index is 12.1. The molecule has 0 saturated carbocycles. The van der Waals surface area contributed by atoms with E-state index in [1.54, 1.807) is 0 Å². The number of carbonyl (C=O) groups is 1. The van der Waals surface area contributed by atoms with E-state index in [0.29, 0.717) is 45.2 Å². The number of aromatic nitrogens is 1. The number of thiazole rings is 1. The van der Waals surface area contributed by atoms with Crippen LogP contribution in [0.4, 0.5) is 5.13 Å². The fourth-order valence-corrected chi connectivity index (χ4v) is 3.99. The van der Waals surface area contributed by atoms with Gasteiger partial charge in [-0.1, -0.05) is 23.8 Å². The molecule has 1 amide bonds. The molecule has 9 heteroatoms. The number of nitrogens with two attached hydrogens (primary N) is 1. The van der Waals surface area contributed by atoms with Crippen LogP contribution >= 0.6 is 11.3 Å². The minimum Gasteiger partial charge on any atom is -0.378 e. The van der Waals surface area contributed by atoms with E-state index in [1.165, 1.54) is 28.0 Å². The van der Waals surface area contributed by atoms with Crippen LogP contribution in [0.25, 0.3) is 0 Å². The Bertz CT molecular complexity index is 837. The first kappa shape index (κ1) is 27.2. The van der Waals surface area contributed by atoms with Crippen molar-refractivity contribution < 1.29 is 14.3 Å². The molecule has 0 unspecified atom stereocenters. The number of benzene rings is 1. The van der Waals surface area contributed by atoms with Crippen molar-refractivity contribution in [3.63, 3.8) is 0 Å². The topological polar surface area (TPSA) is 93.0 Å². The van der Waals surface area contributed by atoms with Gasteiger partial charge in [0.15, 0.2) is 5.13 Å². The van der Waals surface area contributed by atoms with Gasteiger partial charge in [-0.25, -0.2) is 4.98 Å². The van der Waals surface area contributed by atoms with Gasteiger partial charge in [0, 0.05) is 44.6 Å². The Labute approximate surface area is 202 Å². The molecule has 2 aromatic rings. The molecule has 184 valence electrons. The van der Waals surface area contributed by atoms with Gasteiger partial charge in [0.2, 0.25) is 0 Å². The second-order valence-corrected chi connectivity index (χ2v) is 9.00. The van der Waals surface area contributed by atoms with Gasteiger partial charge in [-0.05, 0) is 38.9 Å². The highest BCUT2D eigenvalue weighted by Crippen LogP contribution is 2.21. The molecule has 0 atom stereocenters. The van der Waals surface area contributed by atoms with E-state index in [-0.39, 0.29) is 5.91 Å². The second-order valence-electron chi connectivity index (χ2n) is 8.16. The van der Waals surface area contributed by atoms with Crippen LogP contribution < -0.4 is 16.0 Å². The van der Waals surface area contributed by atoms with Crippen molar-refractivity contribution in [3.8, 4) is 0 Å². The molecule has 0 spiro atoms. The zero-order valence-electron chi connectivity index (χ0n) is 20.4. The molecular formula is C24H39N5O3S. The predicted molar refractivity (Wildman–Crippen MR) is 136 cm³/mol. The summed E-state index contributed by atoms with van der Waals surface area (Å²) in [5.74, 6) is -0.158. The molecule has 3 N–H and O–H groups in total. The SMILES string of the molecule is CN1CCN(c2nc(C(=O)NCCOCCOCCN)cs2)CC1.Cc1ccc(C)c(C)c1. The van der Waals surface area contributed by atoms with Crippen LogP contribution in [0.5, 0.6) is 0 Å². The molecule has 1 aromatic carbocycles. The molecule has 0 radical (unpaired) electrons. The standard InChI is InChI=1S/C15H27N5O3S.C9H12/c1-19-4-6-20(7-5-19)15-18-13(12-24-15)14(21)17-3-9-23-11-10-22-8-2-16;1-7-4-5-8(2)9(3)6-7/h12H,2-11,16H2,1H3,(H,17,21);4-6H,1-3H3. The summed E-state index contributed by atoms with van der Waals surface area (Å²) in [4.78, 5) is 21.0. The quantitative estimate of drug-likeness (QED) is 0.507. The van der Waals surface area contributed by atoms with Crippen molar-refractivity contribution in [2.75, 3.05) is 77.6 Å². The highest BCUT2D eigenvalue weighted by Gasteiger charge is 2.18.